The van der Waals surface area contributed by atoms with Crippen molar-refractivity contribution in [2.75, 3.05) is 5.43 Å². The van der Waals surface area contributed by atoms with Crippen LogP contribution in [0, 0.1) is 10.1 Å². The number of nitrogens with zero attached hydrogens (tertiary/aromatic N) is 3. The lowest BCUT2D eigenvalue weighted by atomic mass is 10.1. The molecule has 0 aliphatic carbocycles. The zero-order valence-corrected chi connectivity index (χ0v) is 14.4. The predicted octanol–water partition coefficient (Wildman–Crippen LogP) is 2.47. The molecule has 12 heteroatoms. The molecule has 9 nitrogen and oxygen atoms in total. The summed E-state index contributed by atoms with van der Waals surface area (Å²) < 4.78 is 39.4. The smallest absolute Gasteiger partial charge is 0.292 e. The van der Waals surface area contributed by atoms with Crippen LogP contribution in [0.1, 0.15) is 5.56 Å². The van der Waals surface area contributed by atoms with E-state index in [-0.39, 0.29) is 17.7 Å². The number of anilines is 1. The number of rotatable bonds is 5. The first-order valence-electron chi connectivity index (χ1n) is 8.02. The molecule has 0 unspecified atom stereocenters. The molecule has 150 valence electrons. The van der Waals surface area contributed by atoms with E-state index in [0.29, 0.717) is 23.0 Å². The van der Waals surface area contributed by atoms with Gasteiger partial charge in [0.2, 0.25) is 5.43 Å². The SMILES string of the molecule is O=C(Cn1ncc(=O)c2ccccc21)NNc1ccc(C(F)(F)F)cc1[N+](=O)[O-]. The van der Waals surface area contributed by atoms with Gasteiger partial charge in [-0.2, -0.15) is 18.3 Å². The van der Waals surface area contributed by atoms with E-state index in [1.807, 2.05) is 0 Å². The maximum atomic E-state index is 12.7. The molecular weight excluding hydrogens is 395 g/mol. The quantitative estimate of drug-likeness (QED) is 0.495. The Labute approximate surface area is 159 Å². The van der Waals surface area contributed by atoms with Gasteiger partial charge in [0, 0.05) is 11.5 Å². The van der Waals surface area contributed by atoms with Gasteiger partial charge in [0.15, 0.2) is 0 Å². The average molecular weight is 407 g/mol. The number of alkyl halides is 3. The van der Waals surface area contributed by atoms with Gasteiger partial charge in [0.05, 0.1) is 22.2 Å². The fourth-order valence-corrected chi connectivity index (χ4v) is 2.56. The van der Waals surface area contributed by atoms with Gasteiger partial charge in [0.25, 0.3) is 11.6 Å². The van der Waals surface area contributed by atoms with Crippen LogP contribution < -0.4 is 16.3 Å². The van der Waals surface area contributed by atoms with Crippen LogP contribution in [0.25, 0.3) is 10.9 Å². The first kappa shape index (κ1) is 19.8. The Morgan fingerprint density at radius 3 is 2.62 bits per heavy atom. The van der Waals surface area contributed by atoms with E-state index in [2.05, 4.69) is 16.0 Å². The Hall–Kier alpha value is -3.96. The molecule has 1 aromatic heterocycles. The van der Waals surface area contributed by atoms with Crippen molar-refractivity contribution < 1.29 is 22.9 Å². The highest BCUT2D eigenvalue weighted by Gasteiger charge is 2.33. The van der Waals surface area contributed by atoms with Crippen LogP contribution in [0.5, 0.6) is 0 Å². The number of benzene rings is 2. The zero-order chi connectivity index (χ0) is 21.2. The average Bonchev–Trinajstić information content (AvgIpc) is 2.68. The molecule has 0 fully saturated rings. The number of hydrogen-bond acceptors (Lipinski definition) is 6. The topological polar surface area (TPSA) is 119 Å². The van der Waals surface area contributed by atoms with Gasteiger partial charge in [-0.05, 0) is 24.3 Å². The Morgan fingerprint density at radius 1 is 1.21 bits per heavy atom. The van der Waals surface area contributed by atoms with Crippen LogP contribution in [-0.2, 0) is 17.5 Å². The fraction of sp³-hybridized carbons (Fsp3) is 0.118. The van der Waals surface area contributed by atoms with Crippen molar-refractivity contribution in [1.82, 2.24) is 15.2 Å². The van der Waals surface area contributed by atoms with Gasteiger partial charge >= 0.3 is 6.18 Å². The second-order valence-electron chi connectivity index (χ2n) is 5.84. The normalized spacial score (nSPS) is 11.3. The number of carbonyl (C=O) groups is 1. The summed E-state index contributed by atoms with van der Waals surface area (Å²) >= 11 is 0. The second-order valence-corrected chi connectivity index (χ2v) is 5.84. The molecule has 0 aliphatic heterocycles. The molecule has 0 spiro atoms. The minimum absolute atomic E-state index is 0.323. The van der Waals surface area contributed by atoms with Crippen molar-refractivity contribution in [3.63, 3.8) is 0 Å². The number of carbonyl (C=O) groups excluding carboxylic acids is 1. The Kier molecular flexibility index (Phi) is 5.17. The maximum Gasteiger partial charge on any atom is 0.416 e. The Bertz CT molecular complexity index is 1160. The Balaban J connectivity index is 1.77. The van der Waals surface area contributed by atoms with Crippen LogP contribution in [0.2, 0.25) is 0 Å². The molecule has 0 saturated heterocycles. The minimum atomic E-state index is -4.75. The summed E-state index contributed by atoms with van der Waals surface area (Å²) in [4.78, 5) is 34.0. The van der Waals surface area contributed by atoms with Crippen molar-refractivity contribution in [3.05, 3.63) is 74.6 Å². The summed E-state index contributed by atoms with van der Waals surface area (Å²) in [6, 6.07) is 8.32. The summed E-state index contributed by atoms with van der Waals surface area (Å²) in [5.74, 6) is -0.694. The van der Waals surface area contributed by atoms with E-state index in [4.69, 9.17) is 0 Å². The van der Waals surface area contributed by atoms with E-state index in [9.17, 15) is 32.9 Å². The van der Waals surface area contributed by atoms with Crippen molar-refractivity contribution in [1.29, 1.82) is 0 Å². The number of nitro benzene ring substituents is 1. The number of aromatic nitrogens is 2. The van der Waals surface area contributed by atoms with Gasteiger partial charge in [-0.3, -0.25) is 35.2 Å². The lowest BCUT2D eigenvalue weighted by Gasteiger charge is -2.12. The van der Waals surface area contributed by atoms with Gasteiger partial charge in [-0.15, -0.1) is 0 Å². The number of hydrazine groups is 1. The number of halogens is 3. The Morgan fingerprint density at radius 2 is 1.93 bits per heavy atom. The largest absolute Gasteiger partial charge is 0.416 e. The van der Waals surface area contributed by atoms with Crippen molar-refractivity contribution in [2.24, 2.45) is 0 Å². The molecule has 0 saturated carbocycles. The van der Waals surface area contributed by atoms with Crippen molar-refractivity contribution >= 4 is 28.2 Å². The molecule has 3 rings (SSSR count). The highest BCUT2D eigenvalue weighted by Crippen LogP contribution is 2.34. The van der Waals surface area contributed by atoms with Gasteiger partial charge in [0.1, 0.15) is 12.2 Å². The molecule has 1 amide bonds. The third-order valence-electron chi connectivity index (χ3n) is 3.91. The van der Waals surface area contributed by atoms with Crippen LogP contribution in [0.15, 0.2) is 53.5 Å². The molecule has 0 atom stereocenters. The second kappa shape index (κ2) is 7.58. The van der Waals surface area contributed by atoms with E-state index < -0.39 is 28.3 Å². The van der Waals surface area contributed by atoms with E-state index in [1.165, 1.54) is 4.68 Å². The predicted molar refractivity (Wildman–Crippen MR) is 95.9 cm³/mol. The summed E-state index contributed by atoms with van der Waals surface area (Å²) in [6.07, 6.45) is -3.70. The van der Waals surface area contributed by atoms with E-state index in [1.54, 1.807) is 24.3 Å². The third-order valence-corrected chi connectivity index (χ3v) is 3.91. The highest BCUT2D eigenvalue weighted by atomic mass is 19.4. The summed E-state index contributed by atoms with van der Waals surface area (Å²) in [5.41, 5.74) is 2.11. The number of amides is 1. The van der Waals surface area contributed by atoms with E-state index >= 15 is 0 Å². The zero-order valence-electron chi connectivity index (χ0n) is 14.4. The molecule has 0 aliphatic rings. The summed E-state index contributed by atoms with van der Waals surface area (Å²) in [7, 11) is 0. The standard InChI is InChI=1S/C17H12F3N5O4/c18-17(19,20)10-5-6-12(14(7-10)25(28)29)22-23-16(27)9-24-13-4-2-1-3-11(13)15(26)8-21-24/h1-8,22H,9H2,(H,23,27). The molecule has 2 N–H and O–H groups in total. The monoisotopic (exact) mass is 407 g/mol. The summed E-state index contributed by atoms with van der Waals surface area (Å²) in [5, 5.41) is 15.3. The lowest BCUT2D eigenvalue weighted by molar-refractivity contribution is -0.384. The maximum absolute atomic E-state index is 12.7. The minimum Gasteiger partial charge on any atom is -0.292 e. The first-order chi connectivity index (χ1) is 13.7. The summed E-state index contributed by atoms with van der Waals surface area (Å²) in [6.45, 7) is -0.345. The number of hydrogen-bond donors (Lipinski definition) is 2. The van der Waals surface area contributed by atoms with Crippen LogP contribution in [0.3, 0.4) is 0 Å². The highest BCUT2D eigenvalue weighted by molar-refractivity contribution is 5.82. The van der Waals surface area contributed by atoms with E-state index in [0.717, 1.165) is 12.3 Å². The lowest BCUT2D eigenvalue weighted by Crippen LogP contribution is -2.33. The molecule has 29 heavy (non-hydrogen) atoms. The molecule has 3 aromatic rings. The molecular formula is C17H12F3N5O4. The van der Waals surface area contributed by atoms with Gasteiger partial charge < -0.3 is 0 Å². The van der Waals surface area contributed by atoms with Gasteiger partial charge in [-0.25, -0.2) is 0 Å². The van der Waals surface area contributed by atoms with Crippen LogP contribution >= 0.6 is 0 Å². The third kappa shape index (κ3) is 4.31. The number of fused-ring (bicyclic) bond motifs is 1. The van der Waals surface area contributed by atoms with Crippen LogP contribution in [-0.4, -0.2) is 20.6 Å². The molecule has 1 heterocycles. The first-order valence-corrected chi connectivity index (χ1v) is 8.02. The number of para-hydroxylation sites is 1. The molecule has 0 bridgehead atoms. The fourth-order valence-electron chi connectivity index (χ4n) is 2.56. The number of nitro groups is 1. The molecule has 2 aromatic carbocycles. The van der Waals surface area contributed by atoms with Crippen molar-refractivity contribution in [3.8, 4) is 0 Å². The van der Waals surface area contributed by atoms with Gasteiger partial charge in [-0.1, -0.05) is 12.1 Å². The number of nitrogens with one attached hydrogen (secondary N) is 2. The van der Waals surface area contributed by atoms with Crippen LogP contribution in [0.4, 0.5) is 24.5 Å². The molecule has 0 radical (unpaired) electrons. The van der Waals surface area contributed by atoms with Crippen molar-refractivity contribution in [2.45, 2.75) is 12.7 Å².